The van der Waals surface area contributed by atoms with Gasteiger partial charge in [0.2, 0.25) is 0 Å². The number of hydrogen-bond acceptors (Lipinski definition) is 3. The summed E-state index contributed by atoms with van der Waals surface area (Å²) in [5.41, 5.74) is -0.230. The van der Waals surface area contributed by atoms with Gasteiger partial charge in [0.15, 0.2) is 0 Å². The molecule has 3 heteroatoms. The van der Waals surface area contributed by atoms with E-state index in [1.807, 2.05) is 13.8 Å². The maximum Gasteiger partial charge on any atom is 0.135 e. The molecule has 0 aliphatic rings. The van der Waals surface area contributed by atoms with E-state index in [-0.39, 0.29) is 17.1 Å². The van der Waals surface area contributed by atoms with Gasteiger partial charge < -0.3 is 9.47 Å². The molecule has 0 N–H and O–H groups in total. The molecule has 0 spiro atoms. The predicted molar refractivity (Wildman–Crippen MR) is 93.3 cm³/mol. The van der Waals surface area contributed by atoms with E-state index in [1.54, 1.807) is 7.11 Å². The zero-order valence-electron chi connectivity index (χ0n) is 16.0. The summed E-state index contributed by atoms with van der Waals surface area (Å²) in [6.45, 7) is 13.3. The Morgan fingerprint density at radius 2 is 1.41 bits per heavy atom. The highest BCUT2D eigenvalue weighted by atomic mass is 16.5. The van der Waals surface area contributed by atoms with Gasteiger partial charge in [-0.15, -0.1) is 0 Å². The van der Waals surface area contributed by atoms with Crippen LogP contribution in [0.15, 0.2) is 0 Å². The van der Waals surface area contributed by atoms with Crippen LogP contribution in [0.4, 0.5) is 0 Å². The minimum atomic E-state index is -0.161. The van der Waals surface area contributed by atoms with Gasteiger partial charge in [-0.3, -0.25) is 4.79 Å². The molecule has 0 aliphatic carbocycles. The Hall–Kier alpha value is -0.410. The van der Waals surface area contributed by atoms with E-state index < -0.39 is 0 Å². The molecule has 0 aromatic carbocycles. The monoisotopic (exact) mass is 314 g/mol. The molecule has 0 heterocycles. The van der Waals surface area contributed by atoms with E-state index in [2.05, 4.69) is 27.7 Å². The Bertz CT molecular complexity index is 294. The fraction of sp³-hybridized carbons (Fsp3) is 0.947. The predicted octanol–water partition coefficient (Wildman–Crippen LogP) is 5.16. The Morgan fingerprint density at radius 1 is 0.909 bits per heavy atom. The molecular formula is C19H38O3. The smallest absolute Gasteiger partial charge is 0.135 e. The molecule has 0 rings (SSSR count). The number of ketones is 1. The first-order chi connectivity index (χ1) is 10.3. The quantitative estimate of drug-likeness (QED) is 0.471. The molecule has 22 heavy (non-hydrogen) atoms. The first kappa shape index (κ1) is 21.6. The number of methoxy groups -OCH3 is 1. The lowest BCUT2D eigenvalue weighted by Gasteiger charge is -2.35. The number of Topliss-reactive ketones (excluding diaryl/α,β-unsaturated/α-hetero) is 1. The molecule has 0 bridgehead atoms. The van der Waals surface area contributed by atoms with Crippen LogP contribution in [-0.2, 0) is 14.3 Å². The van der Waals surface area contributed by atoms with Crippen molar-refractivity contribution in [2.24, 2.45) is 5.92 Å². The first-order valence-electron chi connectivity index (χ1n) is 9.06. The standard InChI is InChI=1S/C19H38O3/c1-8-18(9-2,21-7)14-15-22-19(10-3,11-4)13-12-17(20)16(5)6/h16H,8-15H2,1-7H3. The fourth-order valence-corrected chi connectivity index (χ4v) is 2.97. The molecule has 132 valence electrons. The van der Waals surface area contributed by atoms with Crippen LogP contribution in [0.1, 0.15) is 86.5 Å². The van der Waals surface area contributed by atoms with E-state index in [0.29, 0.717) is 18.8 Å². The summed E-state index contributed by atoms with van der Waals surface area (Å²) >= 11 is 0. The normalized spacial score (nSPS) is 12.9. The summed E-state index contributed by atoms with van der Waals surface area (Å²) in [5.74, 6) is 0.455. The topological polar surface area (TPSA) is 35.5 Å². The first-order valence-corrected chi connectivity index (χ1v) is 9.06. The van der Waals surface area contributed by atoms with Gasteiger partial charge in [0, 0.05) is 19.4 Å². The van der Waals surface area contributed by atoms with E-state index in [9.17, 15) is 4.79 Å². The van der Waals surface area contributed by atoms with Crippen LogP contribution in [0.5, 0.6) is 0 Å². The van der Waals surface area contributed by atoms with Gasteiger partial charge in [-0.05, 0) is 38.5 Å². The van der Waals surface area contributed by atoms with Crippen molar-refractivity contribution in [1.82, 2.24) is 0 Å². The largest absolute Gasteiger partial charge is 0.378 e. The summed E-state index contributed by atoms with van der Waals surface area (Å²) in [7, 11) is 1.79. The van der Waals surface area contributed by atoms with Crippen molar-refractivity contribution in [1.29, 1.82) is 0 Å². The Balaban J connectivity index is 4.59. The average Bonchev–Trinajstić information content (AvgIpc) is 2.55. The van der Waals surface area contributed by atoms with Crippen LogP contribution in [0.2, 0.25) is 0 Å². The highest BCUT2D eigenvalue weighted by Crippen LogP contribution is 2.30. The van der Waals surface area contributed by atoms with Crippen LogP contribution in [-0.4, -0.2) is 30.7 Å². The molecule has 0 saturated carbocycles. The number of carbonyl (C=O) groups excluding carboxylic acids is 1. The maximum absolute atomic E-state index is 11.9. The van der Waals surface area contributed by atoms with Gasteiger partial charge in [0.05, 0.1) is 17.8 Å². The lowest BCUT2D eigenvalue weighted by Crippen LogP contribution is -2.36. The average molecular weight is 315 g/mol. The summed E-state index contributed by atoms with van der Waals surface area (Å²) in [4.78, 5) is 11.9. The number of rotatable bonds is 13. The molecule has 0 amide bonds. The Labute approximate surface area is 138 Å². The molecule has 0 atom stereocenters. The molecule has 0 aromatic rings. The maximum atomic E-state index is 11.9. The molecule has 0 radical (unpaired) electrons. The summed E-state index contributed by atoms with van der Waals surface area (Å²) in [6.07, 6.45) is 6.27. The van der Waals surface area contributed by atoms with Crippen LogP contribution >= 0.6 is 0 Å². The van der Waals surface area contributed by atoms with Crippen molar-refractivity contribution < 1.29 is 14.3 Å². The molecule has 0 saturated heterocycles. The second-order valence-electron chi connectivity index (χ2n) is 6.70. The summed E-state index contributed by atoms with van der Waals surface area (Å²) in [6, 6.07) is 0. The van der Waals surface area contributed by atoms with Gasteiger partial charge in [-0.1, -0.05) is 41.5 Å². The fourth-order valence-electron chi connectivity index (χ4n) is 2.97. The lowest BCUT2D eigenvalue weighted by atomic mass is 9.88. The zero-order valence-corrected chi connectivity index (χ0v) is 16.0. The Morgan fingerprint density at radius 3 is 1.77 bits per heavy atom. The molecular weight excluding hydrogens is 276 g/mol. The number of carbonyl (C=O) groups is 1. The SMILES string of the molecule is CCC(CC)(CCOC(CC)(CC)CCC(=O)C(C)C)OC. The summed E-state index contributed by atoms with van der Waals surface area (Å²) in [5, 5.41) is 0. The molecule has 0 unspecified atom stereocenters. The molecule has 0 aliphatic heterocycles. The minimum Gasteiger partial charge on any atom is -0.378 e. The molecule has 3 nitrogen and oxygen atoms in total. The summed E-state index contributed by atoms with van der Waals surface area (Å²) < 4.78 is 12.0. The van der Waals surface area contributed by atoms with Gasteiger partial charge in [-0.25, -0.2) is 0 Å². The lowest BCUT2D eigenvalue weighted by molar-refractivity contribution is -0.126. The van der Waals surface area contributed by atoms with Crippen molar-refractivity contribution in [2.75, 3.05) is 13.7 Å². The van der Waals surface area contributed by atoms with E-state index in [1.165, 1.54) is 0 Å². The van der Waals surface area contributed by atoms with E-state index in [0.717, 1.165) is 38.5 Å². The molecule has 0 fully saturated rings. The minimum absolute atomic E-state index is 0.0685. The van der Waals surface area contributed by atoms with Gasteiger partial charge in [-0.2, -0.15) is 0 Å². The van der Waals surface area contributed by atoms with Crippen molar-refractivity contribution in [3.05, 3.63) is 0 Å². The molecule has 0 aromatic heterocycles. The third kappa shape index (κ3) is 6.37. The van der Waals surface area contributed by atoms with Gasteiger partial charge in [0.1, 0.15) is 5.78 Å². The third-order valence-corrected chi connectivity index (χ3v) is 5.45. The van der Waals surface area contributed by atoms with Crippen molar-refractivity contribution in [3.8, 4) is 0 Å². The number of hydrogen-bond donors (Lipinski definition) is 0. The van der Waals surface area contributed by atoms with Crippen molar-refractivity contribution in [3.63, 3.8) is 0 Å². The second kappa shape index (κ2) is 10.4. The van der Waals surface area contributed by atoms with Crippen molar-refractivity contribution in [2.45, 2.75) is 97.7 Å². The van der Waals surface area contributed by atoms with Crippen LogP contribution in [0, 0.1) is 5.92 Å². The Kier molecular flexibility index (Phi) is 10.2. The highest BCUT2D eigenvalue weighted by molar-refractivity contribution is 5.80. The van der Waals surface area contributed by atoms with Crippen LogP contribution in [0.3, 0.4) is 0 Å². The second-order valence-corrected chi connectivity index (χ2v) is 6.70. The van der Waals surface area contributed by atoms with E-state index in [4.69, 9.17) is 9.47 Å². The zero-order chi connectivity index (χ0) is 17.2. The third-order valence-electron chi connectivity index (χ3n) is 5.45. The van der Waals surface area contributed by atoms with Crippen molar-refractivity contribution >= 4 is 5.78 Å². The van der Waals surface area contributed by atoms with Crippen LogP contribution < -0.4 is 0 Å². The van der Waals surface area contributed by atoms with Gasteiger partial charge in [0.25, 0.3) is 0 Å². The highest BCUT2D eigenvalue weighted by Gasteiger charge is 2.31. The number of ether oxygens (including phenoxy) is 2. The van der Waals surface area contributed by atoms with Crippen LogP contribution in [0.25, 0.3) is 0 Å². The van der Waals surface area contributed by atoms with E-state index >= 15 is 0 Å². The van der Waals surface area contributed by atoms with Gasteiger partial charge >= 0.3 is 0 Å².